The number of methoxy groups -OCH3 is 2. The first-order valence-corrected chi connectivity index (χ1v) is 8.43. The Bertz CT molecular complexity index is 399. The minimum Gasteiger partial charge on any atom is -0.799 e. The molecular weight excluding hydrogens is 308 g/mol. The Hall–Kier alpha value is 0.0900. The van der Waals surface area contributed by atoms with Crippen molar-refractivity contribution < 1.29 is 58.1 Å². The molecule has 1 aliphatic heterocycles. The van der Waals surface area contributed by atoms with E-state index in [0.717, 1.165) is 40.2 Å². The molecule has 9 heteroatoms. The second kappa shape index (κ2) is 9.98. The molecule has 1 heterocycles. The summed E-state index contributed by atoms with van der Waals surface area (Å²) in [7, 11) is -1.80. The van der Waals surface area contributed by atoms with Crippen LogP contribution in [-0.4, -0.2) is 51.1 Å². The molecular formula is C12H21NNaO6P. The van der Waals surface area contributed by atoms with Gasteiger partial charge in [0, 0.05) is 7.37 Å². The van der Waals surface area contributed by atoms with Gasteiger partial charge in [-0.15, -0.1) is 0 Å². The van der Waals surface area contributed by atoms with Crippen molar-refractivity contribution in [1.82, 2.24) is 5.32 Å². The van der Waals surface area contributed by atoms with Gasteiger partial charge in [-0.1, -0.05) is 0 Å². The molecule has 0 spiro atoms. The fourth-order valence-corrected chi connectivity index (χ4v) is 4.50. The molecule has 0 aromatic heterocycles. The largest absolute Gasteiger partial charge is 1.00 e. The van der Waals surface area contributed by atoms with Gasteiger partial charge in [0.2, 0.25) is 0 Å². The maximum Gasteiger partial charge on any atom is 1.00 e. The van der Waals surface area contributed by atoms with E-state index in [9.17, 15) is 19.0 Å². The predicted octanol–water partition coefficient (Wildman–Crippen LogP) is -3.27. The van der Waals surface area contributed by atoms with Gasteiger partial charge in [-0.05, 0) is 38.0 Å². The van der Waals surface area contributed by atoms with E-state index in [1.165, 1.54) is 0 Å². The molecule has 1 fully saturated rings. The maximum absolute atomic E-state index is 12.3. The number of piperidine rings is 1. The number of rotatable bonds is 6. The first-order chi connectivity index (χ1) is 9.40. The molecule has 0 aromatic carbocycles. The zero-order chi connectivity index (χ0) is 15.2. The van der Waals surface area contributed by atoms with Crippen molar-refractivity contribution in [1.29, 1.82) is 0 Å². The average molecular weight is 329 g/mol. The quantitative estimate of drug-likeness (QED) is 0.310. The number of hydrogen-bond acceptors (Lipinski definition) is 7. The Kier molecular flexibility index (Phi) is 10.0. The molecule has 1 aliphatic rings. The van der Waals surface area contributed by atoms with Crippen molar-refractivity contribution in [2.75, 3.05) is 33.5 Å². The Balaban J connectivity index is 0.00000400. The van der Waals surface area contributed by atoms with E-state index in [1.54, 1.807) is 0 Å². The van der Waals surface area contributed by atoms with E-state index in [1.807, 2.05) is 0 Å². The molecule has 0 amide bonds. The topological polar surface area (TPSA) is 105 Å². The number of carbonyl (C=O) groups is 2. The van der Waals surface area contributed by atoms with E-state index >= 15 is 0 Å². The third-order valence-electron chi connectivity index (χ3n) is 3.51. The summed E-state index contributed by atoms with van der Waals surface area (Å²) < 4.78 is 21.3. The molecule has 2 atom stereocenters. The molecule has 0 bridgehead atoms. The average Bonchev–Trinajstić information content (AvgIpc) is 2.44. The van der Waals surface area contributed by atoms with Crippen LogP contribution in [0.5, 0.6) is 0 Å². The minimum atomic E-state index is -4.06. The van der Waals surface area contributed by atoms with E-state index in [4.69, 9.17) is 0 Å². The van der Waals surface area contributed by atoms with Crippen LogP contribution in [0.3, 0.4) is 0 Å². The van der Waals surface area contributed by atoms with Gasteiger partial charge < -0.3 is 24.2 Å². The zero-order valence-corrected chi connectivity index (χ0v) is 15.7. The second-order valence-electron chi connectivity index (χ2n) is 4.92. The molecule has 0 aliphatic carbocycles. The predicted molar refractivity (Wildman–Crippen MR) is 70.5 cm³/mol. The van der Waals surface area contributed by atoms with Gasteiger partial charge in [-0.3, -0.25) is 9.59 Å². The first-order valence-electron chi connectivity index (χ1n) is 6.55. The molecule has 116 valence electrons. The molecule has 7 nitrogen and oxygen atoms in total. The zero-order valence-electron chi connectivity index (χ0n) is 12.8. The molecule has 0 aromatic rings. The van der Waals surface area contributed by atoms with Crippen molar-refractivity contribution in [2.45, 2.75) is 24.9 Å². The van der Waals surface area contributed by atoms with Gasteiger partial charge in [0.25, 0.3) is 0 Å². The fraction of sp³-hybridized carbons (Fsp3) is 0.833. The molecule has 0 radical (unpaired) electrons. The van der Waals surface area contributed by atoms with Crippen LogP contribution < -0.4 is 39.8 Å². The molecule has 21 heavy (non-hydrogen) atoms. The smallest absolute Gasteiger partial charge is 0.799 e. The summed E-state index contributed by atoms with van der Waals surface area (Å²) in [6, 6.07) is 0. The summed E-state index contributed by atoms with van der Waals surface area (Å²) in [5.41, 5.74) is -1.45. The molecule has 0 saturated carbocycles. The summed E-state index contributed by atoms with van der Waals surface area (Å²) in [5, 5.41) is 3.15. The van der Waals surface area contributed by atoms with Crippen molar-refractivity contribution >= 4 is 19.3 Å². The van der Waals surface area contributed by atoms with Crippen molar-refractivity contribution in [2.24, 2.45) is 5.92 Å². The van der Waals surface area contributed by atoms with Crippen LogP contribution in [0.1, 0.15) is 19.3 Å². The van der Waals surface area contributed by atoms with Crippen LogP contribution >= 0.6 is 7.37 Å². The second-order valence-corrected chi connectivity index (χ2v) is 7.36. The van der Waals surface area contributed by atoms with Crippen LogP contribution in [-0.2, 0) is 23.6 Å². The summed E-state index contributed by atoms with van der Waals surface area (Å²) in [6.07, 6.45) is 0.928. The summed E-state index contributed by atoms with van der Waals surface area (Å²) in [6.45, 7) is 1.54. The van der Waals surface area contributed by atoms with Gasteiger partial charge in [0.15, 0.2) is 0 Å². The molecule has 1 rings (SSSR count). The van der Waals surface area contributed by atoms with E-state index < -0.39 is 31.4 Å². The third kappa shape index (κ3) is 6.80. The number of ether oxygens (including phenoxy) is 2. The van der Waals surface area contributed by atoms with Crippen molar-refractivity contribution in [3.05, 3.63) is 0 Å². The van der Waals surface area contributed by atoms with Gasteiger partial charge in [0.1, 0.15) is 5.66 Å². The Morgan fingerprint density at radius 1 is 1.29 bits per heavy atom. The third-order valence-corrected chi connectivity index (χ3v) is 5.88. The number of hydrogen-bond donors (Lipinski definition) is 1. The minimum absolute atomic E-state index is 0. The molecule has 1 N–H and O–H groups in total. The monoisotopic (exact) mass is 329 g/mol. The fourth-order valence-electron chi connectivity index (χ4n) is 2.31. The van der Waals surface area contributed by atoms with E-state index in [2.05, 4.69) is 14.8 Å². The van der Waals surface area contributed by atoms with Crippen LogP contribution in [0.25, 0.3) is 0 Å². The SMILES string of the molecule is COC(=O)CC(C(=O)OC)P(=O)([O-])CC1CCNCC1.[Na+]. The first kappa shape index (κ1) is 21.1. The normalized spacial score (nSPS) is 19.8. The number of esters is 2. The van der Waals surface area contributed by atoms with Crippen LogP contribution in [0.4, 0.5) is 0 Å². The summed E-state index contributed by atoms with van der Waals surface area (Å²) >= 11 is 0. The van der Waals surface area contributed by atoms with Gasteiger partial charge in [-0.2, -0.15) is 0 Å². The van der Waals surface area contributed by atoms with Gasteiger partial charge >= 0.3 is 41.5 Å². The molecule has 1 saturated heterocycles. The standard InChI is InChI=1S/C12H22NO6P.Na/c1-18-11(14)7-10(12(15)19-2)20(16,17)8-9-3-5-13-6-4-9;/h9-10,13H,3-8H2,1-2H3,(H,16,17);/q;+1/p-1. The van der Waals surface area contributed by atoms with Gasteiger partial charge in [0.05, 0.1) is 20.6 Å². The van der Waals surface area contributed by atoms with Crippen LogP contribution in [0.2, 0.25) is 0 Å². The van der Waals surface area contributed by atoms with Crippen LogP contribution in [0, 0.1) is 5.92 Å². The number of nitrogens with one attached hydrogen (secondary N) is 1. The Morgan fingerprint density at radius 3 is 2.33 bits per heavy atom. The molecule has 2 unspecified atom stereocenters. The van der Waals surface area contributed by atoms with E-state index in [-0.39, 0.29) is 41.6 Å². The van der Waals surface area contributed by atoms with Crippen LogP contribution in [0.15, 0.2) is 0 Å². The number of carbonyl (C=O) groups excluding carboxylic acids is 2. The summed E-state index contributed by atoms with van der Waals surface area (Å²) in [5.74, 6) is -1.62. The van der Waals surface area contributed by atoms with Gasteiger partial charge in [-0.25, -0.2) is 0 Å². The summed E-state index contributed by atoms with van der Waals surface area (Å²) in [4.78, 5) is 35.3. The van der Waals surface area contributed by atoms with Crippen molar-refractivity contribution in [3.63, 3.8) is 0 Å². The Morgan fingerprint density at radius 2 is 1.86 bits per heavy atom. The Labute approximate surface area is 146 Å². The maximum atomic E-state index is 12.3. The van der Waals surface area contributed by atoms with Crippen molar-refractivity contribution in [3.8, 4) is 0 Å². The van der Waals surface area contributed by atoms with E-state index in [0.29, 0.717) is 0 Å².